The number of halogens is 1. The van der Waals surface area contributed by atoms with Crippen LogP contribution in [0.2, 0.25) is 0 Å². The number of nitrogens with zero attached hydrogens (tertiary/aromatic N) is 4. The lowest BCUT2D eigenvalue weighted by molar-refractivity contribution is 0.209. The van der Waals surface area contributed by atoms with Gasteiger partial charge in [0.25, 0.3) is 0 Å². The first kappa shape index (κ1) is 16.0. The van der Waals surface area contributed by atoms with Crippen LogP contribution in [0.5, 0.6) is 0 Å². The van der Waals surface area contributed by atoms with E-state index in [0.29, 0.717) is 12.0 Å². The third-order valence-electron chi connectivity index (χ3n) is 4.73. The van der Waals surface area contributed by atoms with Crippen LogP contribution in [-0.2, 0) is 6.54 Å². The predicted molar refractivity (Wildman–Crippen MR) is 97.9 cm³/mol. The van der Waals surface area contributed by atoms with E-state index in [1.165, 1.54) is 12.8 Å². The van der Waals surface area contributed by atoms with Gasteiger partial charge in [-0.15, -0.1) is 0 Å². The zero-order chi connectivity index (χ0) is 16.4. The number of nitrogens with one attached hydrogen (secondary N) is 1. The van der Waals surface area contributed by atoms with Gasteiger partial charge in [0, 0.05) is 48.5 Å². The van der Waals surface area contributed by atoms with Crippen molar-refractivity contribution < 1.29 is 0 Å². The third kappa shape index (κ3) is 4.11. The zero-order valence-corrected chi connectivity index (χ0v) is 15.2. The van der Waals surface area contributed by atoms with Gasteiger partial charge in [-0.25, -0.2) is 9.97 Å². The van der Waals surface area contributed by atoms with Crippen molar-refractivity contribution in [3.63, 3.8) is 0 Å². The number of piperidine rings is 1. The van der Waals surface area contributed by atoms with E-state index in [4.69, 9.17) is 0 Å². The molecular formula is C18H22BrN5. The van der Waals surface area contributed by atoms with Crippen molar-refractivity contribution in [1.29, 1.82) is 0 Å². The molecule has 0 atom stereocenters. The van der Waals surface area contributed by atoms with Crippen LogP contribution >= 0.6 is 15.9 Å². The van der Waals surface area contributed by atoms with Crippen LogP contribution in [0.25, 0.3) is 0 Å². The van der Waals surface area contributed by atoms with Crippen molar-refractivity contribution in [1.82, 2.24) is 19.9 Å². The zero-order valence-electron chi connectivity index (χ0n) is 13.7. The molecule has 0 amide bonds. The lowest BCUT2D eigenvalue weighted by atomic mass is 10.0. The SMILES string of the molecule is Brc1ccc(CN2CCC(Nc3ccnc(C4CC4)n3)CC2)nc1. The first-order valence-electron chi connectivity index (χ1n) is 8.68. The summed E-state index contributed by atoms with van der Waals surface area (Å²) in [6.07, 6.45) is 8.52. The van der Waals surface area contributed by atoms with E-state index in [9.17, 15) is 0 Å². The number of rotatable bonds is 5. The summed E-state index contributed by atoms with van der Waals surface area (Å²) in [7, 11) is 0. The number of anilines is 1. The molecule has 5 nitrogen and oxygen atoms in total. The van der Waals surface area contributed by atoms with Crippen molar-refractivity contribution in [2.45, 2.75) is 44.2 Å². The first-order valence-corrected chi connectivity index (χ1v) is 9.48. The Morgan fingerprint density at radius 1 is 1.08 bits per heavy atom. The lowest BCUT2D eigenvalue weighted by Gasteiger charge is -2.32. The maximum Gasteiger partial charge on any atom is 0.133 e. The highest BCUT2D eigenvalue weighted by atomic mass is 79.9. The van der Waals surface area contributed by atoms with Crippen molar-refractivity contribution in [2.24, 2.45) is 0 Å². The minimum Gasteiger partial charge on any atom is -0.367 e. The molecule has 2 fully saturated rings. The van der Waals surface area contributed by atoms with Crippen molar-refractivity contribution in [3.8, 4) is 0 Å². The van der Waals surface area contributed by atoms with Gasteiger partial charge in [-0.05, 0) is 59.8 Å². The first-order chi connectivity index (χ1) is 11.8. The molecule has 4 rings (SSSR count). The van der Waals surface area contributed by atoms with E-state index < -0.39 is 0 Å². The van der Waals surface area contributed by atoms with Crippen LogP contribution in [0.4, 0.5) is 5.82 Å². The molecule has 24 heavy (non-hydrogen) atoms. The summed E-state index contributed by atoms with van der Waals surface area (Å²) in [6.45, 7) is 3.12. The monoisotopic (exact) mass is 387 g/mol. The normalized spacial score (nSPS) is 19.4. The Kier molecular flexibility index (Phi) is 4.76. The van der Waals surface area contributed by atoms with Gasteiger partial charge in [0.05, 0.1) is 5.69 Å². The van der Waals surface area contributed by atoms with E-state index in [1.807, 2.05) is 18.5 Å². The van der Waals surface area contributed by atoms with Gasteiger partial charge >= 0.3 is 0 Å². The van der Waals surface area contributed by atoms with Gasteiger partial charge < -0.3 is 5.32 Å². The maximum atomic E-state index is 4.67. The van der Waals surface area contributed by atoms with Gasteiger partial charge in [0.2, 0.25) is 0 Å². The van der Waals surface area contributed by atoms with E-state index >= 15 is 0 Å². The Hall–Kier alpha value is -1.53. The highest BCUT2D eigenvalue weighted by molar-refractivity contribution is 9.10. The van der Waals surface area contributed by atoms with E-state index in [2.05, 4.69) is 53.2 Å². The Morgan fingerprint density at radius 2 is 1.92 bits per heavy atom. The molecule has 2 aromatic rings. The summed E-state index contributed by atoms with van der Waals surface area (Å²) in [5.74, 6) is 2.60. The summed E-state index contributed by atoms with van der Waals surface area (Å²) in [5, 5.41) is 3.60. The van der Waals surface area contributed by atoms with Gasteiger partial charge in [0.15, 0.2) is 0 Å². The fraction of sp³-hybridized carbons (Fsp3) is 0.500. The fourth-order valence-corrected chi connectivity index (χ4v) is 3.40. The minimum atomic E-state index is 0.501. The second-order valence-corrected chi connectivity index (χ2v) is 7.65. The summed E-state index contributed by atoms with van der Waals surface area (Å²) < 4.78 is 1.03. The van der Waals surface area contributed by atoms with Gasteiger partial charge in [-0.3, -0.25) is 9.88 Å². The van der Waals surface area contributed by atoms with Crippen LogP contribution in [0.1, 0.15) is 43.1 Å². The van der Waals surface area contributed by atoms with Crippen molar-refractivity contribution >= 4 is 21.7 Å². The molecule has 6 heteroatoms. The fourth-order valence-electron chi connectivity index (χ4n) is 3.17. The van der Waals surface area contributed by atoms with Gasteiger partial charge in [-0.1, -0.05) is 0 Å². The molecule has 3 heterocycles. The van der Waals surface area contributed by atoms with E-state index in [1.54, 1.807) is 0 Å². The summed E-state index contributed by atoms with van der Waals surface area (Å²) in [6, 6.07) is 6.64. The van der Waals surface area contributed by atoms with Gasteiger partial charge in [0.1, 0.15) is 11.6 Å². The molecule has 0 aromatic carbocycles. The second-order valence-electron chi connectivity index (χ2n) is 6.74. The van der Waals surface area contributed by atoms with Crippen LogP contribution in [-0.4, -0.2) is 39.0 Å². The average molecular weight is 388 g/mol. The molecule has 2 aromatic heterocycles. The quantitative estimate of drug-likeness (QED) is 0.849. The highest BCUT2D eigenvalue weighted by Gasteiger charge is 2.27. The molecule has 0 unspecified atom stereocenters. The van der Waals surface area contributed by atoms with Crippen LogP contribution in [0.3, 0.4) is 0 Å². The van der Waals surface area contributed by atoms with Crippen LogP contribution < -0.4 is 5.32 Å². The Morgan fingerprint density at radius 3 is 2.62 bits per heavy atom. The van der Waals surface area contributed by atoms with Crippen molar-refractivity contribution in [2.75, 3.05) is 18.4 Å². The topological polar surface area (TPSA) is 53.9 Å². The molecule has 1 aliphatic carbocycles. The molecule has 2 aliphatic rings. The van der Waals surface area contributed by atoms with E-state index in [0.717, 1.165) is 54.3 Å². The molecule has 1 aliphatic heterocycles. The summed E-state index contributed by atoms with van der Waals surface area (Å²) >= 11 is 3.43. The Bertz CT molecular complexity index is 678. The second kappa shape index (κ2) is 7.15. The number of hydrogen-bond donors (Lipinski definition) is 1. The van der Waals surface area contributed by atoms with Gasteiger partial charge in [-0.2, -0.15) is 0 Å². The summed E-state index contributed by atoms with van der Waals surface area (Å²) in [4.78, 5) is 16.0. The summed E-state index contributed by atoms with van der Waals surface area (Å²) in [5.41, 5.74) is 1.13. The van der Waals surface area contributed by atoms with E-state index in [-0.39, 0.29) is 0 Å². The molecular weight excluding hydrogens is 366 g/mol. The average Bonchev–Trinajstić information content (AvgIpc) is 3.44. The number of aromatic nitrogens is 3. The Labute approximate surface area is 151 Å². The Balaban J connectivity index is 1.28. The van der Waals surface area contributed by atoms with Crippen molar-refractivity contribution in [3.05, 3.63) is 46.6 Å². The lowest BCUT2D eigenvalue weighted by Crippen LogP contribution is -2.39. The van der Waals surface area contributed by atoms with Crippen LogP contribution in [0.15, 0.2) is 35.1 Å². The molecule has 0 radical (unpaired) electrons. The molecule has 126 valence electrons. The largest absolute Gasteiger partial charge is 0.367 e. The molecule has 1 N–H and O–H groups in total. The minimum absolute atomic E-state index is 0.501. The molecule has 1 saturated carbocycles. The maximum absolute atomic E-state index is 4.67. The predicted octanol–water partition coefficient (Wildman–Crippen LogP) is 3.59. The third-order valence-corrected chi connectivity index (χ3v) is 5.20. The van der Waals surface area contributed by atoms with Crippen LogP contribution in [0, 0.1) is 0 Å². The number of hydrogen-bond acceptors (Lipinski definition) is 5. The molecule has 1 saturated heterocycles. The number of likely N-dealkylation sites (tertiary alicyclic amines) is 1. The number of pyridine rings is 1. The highest BCUT2D eigenvalue weighted by Crippen LogP contribution is 2.38. The standard InChI is InChI=1S/C18H22BrN5/c19-14-3-4-16(21-11-14)12-24-9-6-15(7-10-24)22-17-5-8-20-18(23-17)13-1-2-13/h3-5,8,11,13,15H,1-2,6-7,9-10,12H2,(H,20,22,23). The smallest absolute Gasteiger partial charge is 0.133 e. The molecule has 0 spiro atoms. The molecule has 0 bridgehead atoms.